The van der Waals surface area contributed by atoms with Crippen LogP contribution in [0, 0.1) is 0 Å². The summed E-state index contributed by atoms with van der Waals surface area (Å²) in [4.78, 5) is 32.0. The van der Waals surface area contributed by atoms with Crippen LogP contribution in [0.25, 0.3) is 10.2 Å². The van der Waals surface area contributed by atoms with Gasteiger partial charge in [-0.1, -0.05) is 0 Å². The average Bonchev–Trinajstić information content (AvgIpc) is 3.13. The molecule has 3 aromatic rings. The van der Waals surface area contributed by atoms with Crippen molar-refractivity contribution in [2.75, 3.05) is 19.5 Å². The number of anilines is 1. The molecule has 2 aromatic heterocycles. The molecule has 29 heavy (non-hydrogen) atoms. The average molecular weight is 413 g/mol. The topological polar surface area (TPSA) is 82.5 Å². The van der Waals surface area contributed by atoms with Gasteiger partial charge in [0, 0.05) is 23.9 Å². The third-order valence-electron chi connectivity index (χ3n) is 5.20. The Kier molecular flexibility index (Phi) is 5.53. The Morgan fingerprint density at radius 1 is 1.24 bits per heavy atom. The molecule has 0 saturated carbocycles. The fourth-order valence-electron chi connectivity index (χ4n) is 3.68. The van der Waals surface area contributed by atoms with E-state index in [1.807, 2.05) is 0 Å². The first-order valence-corrected chi connectivity index (χ1v) is 10.4. The Morgan fingerprint density at radius 3 is 2.86 bits per heavy atom. The van der Waals surface area contributed by atoms with Gasteiger partial charge in [-0.15, -0.1) is 11.3 Å². The van der Waals surface area contributed by atoms with Gasteiger partial charge in [-0.2, -0.15) is 0 Å². The first-order valence-electron chi connectivity index (χ1n) is 9.62. The van der Waals surface area contributed by atoms with Gasteiger partial charge in [0.05, 0.1) is 31.6 Å². The number of fused-ring (bicyclic) bond motifs is 3. The van der Waals surface area contributed by atoms with Crippen molar-refractivity contribution in [1.82, 2.24) is 9.55 Å². The summed E-state index contributed by atoms with van der Waals surface area (Å²) in [5, 5.41) is 3.57. The highest BCUT2D eigenvalue weighted by atomic mass is 32.1. The number of hydrogen-bond donors (Lipinski definition) is 1. The highest BCUT2D eigenvalue weighted by Crippen LogP contribution is 2.33. The molecule has 4 rings (SSSR count). The Hall–Kier alpha value is -2.87. The molecule has 7 nitrogen and oxygen atoms in total. The third kappa shape index (κ3) is 3.85. The van der Waals surface area contributed by atoms with Crippen molar-refractivity contribution < 1.29 is 14.3 Å². The van der Waals surface area contributed by atoms with Gasteiger partial charge in [-0.25, -0.2) is 4.98 Å². The van der Waals surface area contributed by atoms with E-state index in [4.69, 9.17) is 9.47 Å². The van der Waals surface area contributed by atoms with Gasteiger partial charge in [-0.05, 0) is 43.4 Å². The molecule has 8 heteroatoms. The zero-order valence-electron chi connectivity index (χ0n) is 16.5. The standard InChI is InChI=1S/C21H23N3O4S/c1-27-13-7-8-15(16(11-13)28-2)23-18(25)9-10-24-12-22-20-19(21(24)26)14-5-3-4-6-17(14)29-20/h7-8,11-12H,3-6,9-10H2,1-2H3,(H,23,25). The monoisotopic (exact) mass is 413 g/mol. The molecule has 0 unspecified atom stereocenters. The van der Waals surface area contributed by atoms with Crippen molar-refractivity contribution in [3.05, 3.63) is 45.3 Å². The van der Waals surface area contributed by atoms with Crippen molar-refractivity contribution in [2.24, 2.45) is 0 Å². The summed E-state index contributed by atoms with van der Waals surface area (Å²) in [5.74, 6) is 0.959. The summed E-state index contributed by atoms with van der Waals surface area (Å²) in [6, 6.07) is 5.19. The van der Waals surface area contributed by atoms with E-state index in [0.29, 0.717) is 17.2 Å². The molecule has 1 N–H and O–H groups in total. The maximum atomic E-state index is 13.0. The number of aryl methyl sites for hydroxylation is 3. The molecule has 1 amide bonds. The molecule has 1 aliphatic rings. The van der Waals surface area contributed by atoms with Gasteiger partial charge in [0.15, 0.2) is 0 Å². The number of thiophene rings is 1. The minimum atomic E-state index is -0.201. The zero-order valence-corrected chi connectivity index (χ0v) is 17.3. The van der Waals surface area contributed by atoms with E-state index >= 15 is 0 Å². The van der Waals surface area contributed by atoms with Crippen LogP contribution in [0.15, 0.2) is 29.3 Å². The van der Waals surface area contributed by atoms with E-state index in [1.54, 1.807) is 43.0 Å². The van der Waals surface area contributed by atoms with Crippen LogP contribution in [0.2, 0.25) is 0 Å². The van der Waals surface area contributed by atoms with Crippen LogP contribution in [-0.2, 0) is 24.2 Å². The van der Waals surface area contributed by atoms with Crippen LogP contribution < -0.4 is 20.3 Å². The van der Waals surface area contributed by atoms with Crippen LogP contribution in [-0.4, -0.2) is 29.7 Å². The number of nitrogens with one attached hydrogen (secondary N) is 1. The highest BCUT2D eigenvalue weighted by molar-refractivity contribution is 7.18. The Bertz CT molecular complexity index is 1120. The van der Waals surface area contributed by atoms with Crippen molar-refractivity contribution in [3.63, 3.8) is 0 Å². The third-order valence-corrected chi connectivity index (χ3v) is 6.40. The van der Waals surface area contributed by atoms with E-state index in [2.05, 4.69) is 10.3 Å². The number of ether oxygens (including phenoxy) is 2. The van der Waals surface area contributed by atoms with Crippen LogP contribution >= 0.6 is 11.3 Å². The Labute approximate surface area is 172 Å². The molecule has 1 aliphatic carbocycles. The van der Waals surface area contributed by atoms with Crippen LogP contribution in [0.3, 0.4) is 0 Å². The lowest BCUT2D eigenvalue weighted by molar-refractivity contribution is -0.116. The van der Waals surface area contributed by atoms with Crippen LogP contribution in [0.5, 0.6) is 11.5 Å². The lowest BCUT2D eigenvalue weighted by Crippen LogP contribution is -2.24. The van der Waals surface area contributed by atoms with Gasteiger partial charge < -0.3 is 14.8 Å². The summed E-state index contributed by atoms with van der Waals surface area (Å²) in [6.07, 6.45) is 5.96. The van der Waals surface area contributed by atoms with Gasteiger partial charge >= 0.3 is 0 Å². The number of benzene rings is 1. The van der Waals surface area contributed by atoms with Crippen molar-refractivity contribution >= 4 is 33.1 Å². The lowest BCUT2D eigenvalue weighted by Gasteiger charge is -2.12. The Morgan fingerprint density at radius 2 is 2.07 bits per heavy atom. The van der Waals surface area contributed by atoms with Crippen molar-refractivity contribution in [3.8, 4) is 11.5 Å². The number of methoxy groups -OCH3 is 2. The number of amides is 1. The number of carbonyl (C=O) groups is 1. The van der Waals surface area contributed by atoms with Gasteiger partial charge in [0.2, 0.25) is 5.91 Å². The lowest BCUT2D eigenvalue weighted by atomic mass is 9.97. The second kappa shape index (κ2) is 8.24. The zero-order chi connectivity index (χ0) is 20.4. The molecule has 2 heterocycles. The van der Waals surface area contributed by atoms with E-state index in [1.165, 1.54) is 23.0 Å². The summed E-state index contributed by atoms with van der Waals surface area (Å²) < 4.78 is 12.0. The molecule has 0 radical (unpaired) electrons. The van der Waals surface area contributed by atoms with Crippen LogP contribution in [0.4, 0.5) is 5.69 Å². The molecule has 0 fully saturated rings. The van der Waals surface area contributed by atoms with E-state index < -0.39 is 0 Å². The van der Waals surface area contributed by atoms with Gasteiger partial charge in [0.25, 0.3) is 5.56 Å². The minimum Gasteiger partial charge on any atom is -0.497 e. The smallest absolute Gasteiger partial charge is 0.262 e. The molecular weight excluding hydrogens is 390 g/mol. The molecule has 0 aliphatic heterocycles. The van der Waals surface area contributed by atoms with Crippen molar-refractivity contribution in [2.45, 2.75) is 38.6 Å². The highest BCUT2D eigenvalue weighted by Gasteiger charge is 2.20. The van der Waals surface area contributed by atoms with E-state index in [0.717, 1.165) is 35.0 Å². The number of rotatable bonds is 6. The summed E-state index contributed by atoms with van der Waals surface area (Å²) >= 11 is 1.63. The molecule has 0 spiro atoms. The number of aromatic nitrogens is 2. The summed E-state index contributed by atoms with van der Waals surface area (Å²) in [6.45, 7) is 0.275. The normalized spacial score (nSPS) is 13.2. The predicted molar refractivity (Wildman–Crippen MR) is 113 cm³/mol. The minimum absolute atomic E-state index is 0.0516. The summed E-state index contributed by atoms with van der Waals surface area (Å²) in [5.41, 5.74) is 1.67. The predicted octanol–water partition coefficient (Wildman–Crippen LogP) is 3.38. The fraction of sp³-hybridized carbons (Fsp3) is 0.381. The summed E-state index contributed by atoms with van der Waals surface area (Å²) in [7, 11) is 3.10. The molecule has 1 aromatic carbocycles. The molecule has 0 saturated heterocycles. The van der Waals surface area contributed by atoms with Crippen LogP contribution in [0.1, 0.15) is 29.7 Å². The quantitative estimate of drug-likeness (QED) is 0.670. The SMILES string of the molecule is COc1ccc(NC(=O)CCn2cnc3sc4c(c3c2=O)CCCC4)c(OC)c1. The van der Waals surface area contributed by atoms with Gasteiger partial charge in [0.1, 0.15) is 16.3 Å². The second-order valence-corrected chi connectivity index (χ2v) is 8.08. The molecular formula is C21H23N3O4S. The maximum absolute atomic E-state index is 13.0. The van der Waals surface area contributed by atoms with E-state index in [9.17, 15) is 9.59 Å². The van der Waals surface area contributed by atoms with E-state index in [-0.39, 0.29) is 24.4 Å². The Balaban J connectivity index is 1.49. The largest absolute Gasteiger partial charge is 0.497 e. The number of nitrogens with zero attached hydrogens (tertiary/aromatic N) is 2. The maximum Gasteiger partial charge on any atom is 0.262 e. The fourth-order valence-corrected chi connectivity index (χ4v) is 4.90. The van der Waals surface area contributed by atoms with Gasteiger partial charge in [-0.3, -0.25) is 14.2 Å². The number of hydrogen-bond acceptors (Lipinski definition) is 6. The molecule has 0 bridgehead atoms. The number of carbonyl (C=O) groups excluding carboxylic acids is 1. The first kappa shape index (κ1) is 19.4. The molecule has 0 atom stereocenters. The first-order chi connectivity index (χ1) is 14.1. The molecule has 152 valence electrons. The van der Waals surface area contributed by atoms with Crippen molar-refractivity contribution in [1.29, 1.82) is 0 Å². The second-order valence-electron chi connectivity index (χ2n) is 7.00.